The third-order valence-electron chi connectivity index (χ3n) is 7.10. The Labute approximate surface area is 227 Å². The van der Waals surface area contributed by atoms with E-state index >= 15 is 0 Å². The van der Waals surface area contributed by atoms with Crippen LogP contribution in [0.4, 0.5) is 0 Å². The number of nitrogens with one attached hydrogen (secondary N) is 1. The highest BCUT2D eigenvalue weighted by molar-refractivity contribution is 5.83. The quantitative estimate of drug-likeness (QED) is 0.0812. The highest BCUT2D eigenvalue weighted by Crippen LogP contribution is 2.16. The summed E-state index contributed by atoms with van der Waals surface area (Å²) in [6, 6.07) is -1.01. The molecule has 0 bridgehead atoms. The largest absolute Gasteiger partial charge is 0.452 e. The number of aliphatic hydroxyl groups is 3. The van der Waals surface area contributed by atoms with E-state index in [2.05, 4.69) is 19.2 Å². The van der Waals surface area contributed by atoms with Crippen molar-refractivity contribution >= 4 is 11.9 Å². The van der Waals surface area contributed by atoms with Gasteiger partial charge in [0, 0.05) is 6.92 Å². The number of rotatable bonds is 26. The second-order valence-corrected chi connectivity index (χ2v) is 10.7. The van der Waals surface area contributed by atoms with Crippen LogP contribution in [0.5, 0.6) is 0 Å². The lowest BCUT2D eigenvalue weighted by molar-refractivity contribution is -0.155. The van der Waals surface area contributed by atoms with Gasteiger partial charge in [-0.2, -0.15) is 0 Å². The second kappa shape index (κ2) is 25.1. The third-order valence-corrected chi connectivity index (χ3v) is 7.10. The van der Waals surface area contributed by atoms with Crippen molar-refractivity contribution in [1.29, 1.82) is 0 Å². The van der Waals surface area contributed by atoms with Gasteiger partial charge in [0.15, 0.2) is 6.10 Å². The first-order valence-corrected chi connectivity index (χ1v) is 15.3. The molecule has 0 aliphatic heterocycles. The molecular formula is C30H59NO6. The zero-order valence-corrected chi connectivity index (χ0v) is 24.2. The fourth-order valence-electron chi connectivity index (χ4n) is 4.70. The van der Waals surface area contributed by atoms with Gasteiger partial charge in [0.25, 0.3) is 5.91 Å². The minimum atomic E-state index is -1.28. The molecule has 4 N–H and O–H groups in total. The minimum absolute atomic E-state index is 0.396. The average Bonchev–Trinajstić information content (AvgIpc) is 2.88. The van der Waals surface area contributed by atoms with Crippen molar-refractivity contribution in [3.63, 3.8) is 0 Å². The van der Waals surface area contributed by atoms with Crippen molar-refractivity contribution in [2.45, 2.75) is 174 Å². The fourth-order valence-corrected chi connectivity index (χ4v) is 4.70. The lowest BCUT2D eigenvalue weighted by Crippen LogP contribution is -2.53. The molecule has 7 heteroatoms. The summed E-state index contributed by atoms with van der Waals surface area (Å²) in [7, 11) is 0. The van der Waals surface area contributed by atoms with E-state index in [9.17, 15) is 24.9 Å². The van der Waals surface area contributed by atoms with Crippen molar-refractivity contribution in [2.75, 3.05) is 6.61 Å². The summed E-state index contributed by atoms with van der Waals surface area (Å²) in [5.41, 5.74) is 0. The number of hydrogen-bond acceptors (Lipinski definition) is 6. The monoisotopic (exact) mass is 529 g/mol. The molecule has 0 aromatic rings. The van der Waals surface area contributed by atoms with Crippen LogP contribution in [-0.4, -0.2) is 58.2 Å². The number of carbonyl (C=O) groups is 2. The summed E-state index contributed by atoms with van der Waals surface area (Å²) in [5, 5.41) is 33.3. The Morgan fingerprint density at radius 2 is 1.08 bits per heavy atom. The van der Waals surface area contributed by atoms with E-state index in [0.717, 1.165) is 51.4 Å². The van der Waals surface area contributed by atoms with Gasteiger partial charge >= 0.3 is 5.97 Å². The van der Waals surface area contributed by atoms with E-state index < -0.39 is 42.8 Å². The van der Waals surface area contributed by atoms with Gasteiger partial charge in [0.1, 0.15) is 6.10 Å². The fraction of sp³-hybridized carbons (Fsp3) is 0.933. The Kier molecular flexibility index (Phi) is 24.3. The Hall–Kier alpha value is -1.18. The third kappa shape index (κ3) is 20.5. The Morgan fingerprint density at radius 3 is 1.49 bits per heavy atom. The first kappa shape index (κ1) is 35.8. The van der Waals surface area contributed by atoms with E-state index in [4.69, 9.17) is 4.74 Å². The molecule has 1 amide bonds. The highest BCUT2D eigenvalue weighted by Gasteiger charge is 2.30. The molecule has 37 heavy (non-hydrogen) atoms. The summed E-state index contributed by atoms with van der Waals surface area (Å²) >= 11 is 0. The SMILES string of the molecule is CCCCCCCCCCCCCC[C@@H](O)[C@@H](O)[C@H](CO)NC(=O)C(CCCCCCCC)OC(C)=O. The van der Waals surface area contributed by atoms with Crippen LogP contribution >= 0.6 is 0 Å². The molecule has 0 aliphatic rings. The Balaban J connectivity index is 4.24. The summed E-state index contributed by atoms with van der Waals surface area (Å²) in [4.78, 5) is 24.2. The van der Waals surface area contributed by atoms with Gasteiger partial charge in [-0.05, 0) is 19.3 Å². The molecule has 0 saturated carbocycles. The van der Waals surface area contributed by atoms with Crippen LogP contribution in [-0.2, 0) is 14.3 Å². The first-order chi connectivity index (χ1) is 17.9. The first-order valence-electron chi connectivity index (χ1n) is 15.3. The predicted octanol–water partition coefficient (Wildman–Crippen LogP) is 5.96. The van der Waals surface area contributed by atoms with Crippen LogP contribution in [0.15, 0.2) is 0 Å². The summed E-state index contributed by atoms with van der Waals surface area (Å²) < 4.78 is 5.20. The predicted molar refractivity (Wildman–Crippen MR) is 150 cm³/mol. The van der Waals surface area contributed by atoms with E-state index in [1.165, 1.54) is 71.1 Å². The van der Waals surface area contributed by atoms with Crippen LogP contribution in [0.2, 0.25) is 0 Å². The Bertz CT molecular complexity index is 544. The topological polar surface area (TPSA) is 116 Å². The average molecular weight is 530 g/mol. The highest BCUT2D eigenvalue weighted by atomic mass is 16.5. The zero-order chi connectivity index (χ0) is 27.7. The van der Waals surface area contributed by atoms with E-state index in [1.54, 1.807) is 0 Å². The molecule has 220 valence electrons. The van der Waals surface area contributed by atoms with Crippen LogP contribution < -0.4 is 5.32 Å². The number of esters is 1. The molecule has 7 nitrogen and oxygen atoms in total. The van der Waals surface area contributed by atoms with E-state index in [1.807, 2.05) is 0 Å². The van der Waals surface area contributed by atoms with Crippen molar-refractivity contribution in [3.05, 3.63) is 0 Å². The van der Waals surface area contributed by atoms with Crippen LogP contribution in [0.3, 0.4) is 0 Å². The van der Waals surface area contributed by atoms with Gasteiger partial charge in [0.05, 0.1) is 18.8 Å². The van der Waals surface area contributed by atoms with Gasteiger partial charge in [-0.25, -0.2) is 0 Å². The maximum Gasteiger partial charge on any atom is 0.303 e. The molecule has 0 heterocycles. The van der Waals surface area contributed by atoms with Crippen LogP contribution in [0.1, 0.15) is 149 Å². The molecule has 0 aromatic carbocycles. The number of hydrogen-bond donors (Lipinski definition) is 4. The maximum absolute atomic E-state index is 12.7. The summed E-state index contributed by atoms with van der Waals surface area (Å²) in [5.74, 6) is -1.08. The molecule has 1 unspecified atom stereocenters. The van der Waals surface area contributed by atoms with Crippen molar-refractivity contribution in [3.8, 4) is 0 Å². The normalized spacial score (nSPS) is 14.6. The lowest BCUT2D eigenvalue weighted by atomic mass is 9.99. The Morgan fingerprint density at radius 1 is 0.676 bits per heavy atom. The zero-order valence-electron chi connectivity index (χ0n) is 24.2. The van der Waals surface area contributed by atoms with E-state index in [0.29, 0.717) is 12.8 Å². The van der Waals surface area contributed by atoms with Crippen LogP contribution in [0.25, 0.3) is 0 Å². The van der Waals surface area contributed by atoms with Crippen molar-refractivity contribution in [2.24, 2.45) is 0 Å². The van der Waals surface area contributed by atoms with Crippen LogP contribution in [0, 0.1) is 0 Å². The van der Waals surface area contributed by atoms with E-state index in [-0.39, 0.29) is 0 Å². The lowest BCUT2D eigenvalue weighted by Gasteiger charge is -2.28. The van der Waals surface area contributed by atoms with Crippen molar-refractivity contribution in [1.82, 2.24) is 5.32 Å². The maximum atomic E-state index is 12.7. The second-order valence-electron chi connectivity index (χ2n) is 10.7. The number of unbranched alkanes of at least 4 members (excludes halogenated alkanes) is 16. The molecular weight excluding hydrogens is 470 g/mol. The number of carbonyl (C=O) groups excluding carboxylic acids is 2. The molecule has 0 fully saturated rings. The van der Waals surface area contributed by atoms with Gasteiger partial charge in [0.2, 0.25) is 0 Å². The van der Waals surface area contributed by atoms with Gasteiger partial charge in [-0.15, -0.1) is 0 Å². The van der Waals surface area contributed by atoms with Gasteiger partial charge in [-0.3, -0.25) is 9.59 Å². The minimum Gasteiger partial charge on any atom is -0.452 e. The van der Waals surface area contributed by atoms with Crippen molar-refractivity contribution < 1.29 is 29.6 Å². The standard InChI is InChI=1S/C30H59NO6/c1-4-6-8-10-12-13-14-15-16-17-18-20-22-27(34)29(35)26(24-32)31-30(36)28(37-25(3)33)23-21-19-11-9-7-5-2/h26-29,32,34-35H,4-24H2,1-3H3,(H,31,36)/t26-,27+,28?,29-/m0/s1. The molecule has 0 radical (unpaired) electrons. The molecule has 0 aliphatic carbocycles. The molecule has 0 aromatic heterocycles. The molecule has 0 spiro atoms. The smallest absolute Gasteiger partial charge is 0.303 e. The number of amides is 1. The number of ether oxygens (including phenoxy) is 1. The molecule has 4 atom stereocenters. The summed E-state index contributed by atoms with van der Waals surface area (Å²) in [6.07, 6.45) is 18.4. The van der Waals surface area contributed by atoms with Gasteiger partial charge in [-0.1, -0.05) is 123 Å². The number of aliphatic hydroxyl groups excluding tert-OH is 3. The molecule has 0 rings (SSSR count). The molecule has 0 saturated heterocycles. The summed E-state index contributed by atoms with van der Waals surface area (Å²) in [6.45, 7) is 5.15. The van der Waals surface area contributed by atoms with Gasteiger partial charge < -0.3 is 25.4 Å².